The highest BCUT2D eigenvalue weighted by Crippen LogP contribution is 2.40. The van der Waals surface area contributed by atoms with Crippen molar-refractivity contribution in [3.8, 4) is 5.69 Å². The number of nitrogens with one attached hydrogen (secondary N) is 1. The second-order valence-electron chi connectivity index (χ2n) is 7.23. The summed E-state index contributed by atoms with van der Waals surface area (Å²) in [6, 6.07) is 6.19. The van der Waals surface area contributed by atoms with E-state index in [0.29, 0.717) is 22.9 Å². The van der Waals surface area contributed by atoms with Crippen molar-refractivity contribution in [2.24, 2.45) is 0 Å². The first-order chi connectivity index (χ1) is 13.7. The van der Waals surface area contributed by atoms with Crippen LogP contribution in [0.5, 0.6) is 0 Å². The molecule has 9 heteroatoms. The summed E-state index contributed by atoms with van der Waals surface area (Å²) in [5.41, 5.74) is 1.09. The van der Waals surface area contributed by atoms with Crippen LogP contribution in [-0.4, -0.2) is 20.8 Å². The maximum atomic E-state index is 13.0. The van der Waals surface area contributed by atoms with Crippen molar-refractivity contribution in [1.82, 2.24) is 20.3 Å². The van der Waals surface area contributed by atoms with Gasteiger partial charge in [-0.3, -0.25) is 4.79 Å². The molecule has 1 atom stereocenters. The number of hydrogen-bond donors (Lipinski definition) is 1. The average Bonchev–Trinajstić information content (AvgIpc) is 3.26. The van der Waals surface area contributed by atoms with Crippen molar-refractivity contribution in [3.05, 3.63) is 64.8 Å². The van der Waals surface area contributed by atoms with Crippen LogP contribution >= 0.6 is 0 Å². The molecule has 1 amide bonds. The minimum Gasteiger partial charge on any atom is -0.360 e. The zero-order valence-corrected chi connectivity index (χ0v) is 15.8. The number of amides is 1. The number of carbonyl (C=O) groups excluding carboxylic acids is 1. The Balaban J connectivity index is 1.52. The van der Waals surface area contributed by atoms with E-state index in [1.54, 1.807) is 32.2 Å². The monoisotopic (exact) mass is 404 g/mol. The van der Waals surface area contributed by atoms with Gasteiger partial charge in [0.2, 0.25) is 0 Å². The molecule has 1 aliphatic carbocycles. The lowest BCUT2D eigenvalue weighted by molar-refractivity contribution is -0.137. The Bertz CT molecular complexity index is 1050. The van der Waals surface area contributed by atoms with E-state index < -0.39 is 17.8 Å². The van der Waals surface area contributed by atoms with Crippen molar-refractivity contribution in [2.75, 3.05) is 0 Å². The lowest BCUT2D eigenvalue weighted by Crippen LogP contribution is -2.27. The van der Waals surface area contributed by atoms with E-state index in [-0.39, 0.29) is 11.6 Å². The molecule has 4 rings (SSSR count). The van der Waals surface area contributed by atoms with Crippen LogP contribution in [0, 0.1) is 6.92 Å². The molecule has 0 spiro atoms. The fourth-order valence-corrected chi connectivity index (χ4v) is 3.23. The lowest BCUT2D eigenvalue weighted by atomic mass is 10.1. The SMILES string of the molecule is Cc1c([C@@H](C)NC(=O)c2cc(C3CC3)on2)cnn1-c1cccc(C(F)(F)F)c1. The molecular formula is C20H19F3N4O2. The number of carbonyl (C=O) groups is 1. The van der Waals surface area contributed by atoms with Gasteiger partial charge in [-0.05, 0) is 44.9 Å². The third-order valence-electron chi connectivity index (χ3n) is 5.02. The van der Waals surface area contributed by atoms with Crippen LogP contribution in [0.15, 0.2) is 41.1 Å². The predicted octanol–water partition coefficient (Wildman–Crippen LogP) is 4.56. The molecule has 1 aromatic carbocycles. The summed E-state index contributed by atoms with van der Waals surface area (Å²) in [4.78, 5) is 12.4. The number of benzene rings is 1. The quantitative estimate of drug-likeness (QED) is 0.677. The first kappa shape index (κ1) is 19.2. The van der Waals surface area contributed by atoms with Gasteiger partial charge in [-0.1, -0.05) is 11.2 Å². The molecule has 29 heavy (non-hydrogen) atoms. The van der Waals surface area contributed by atoms with Gasteiger partial charge in [-0.15, -0.1) is 0 Å². The Morgan fingerprint density at radius 2 is 2.07 bits per heavy atom. The largest absolute Gasteiger partial charge is 0.416 e. The summed E-state index contributed by atoms with van der Waals surface area (Å²) in [6.07, 6.45) is -0.807. The Labute approximate surface area is 164 Å². The van der Waals surface area contributed by atoms with E-state index >= 15 is 0 Å². The van der Waals surface area contributed by atoms with Gasteiger partial charge < -0.3 is 9.84 Å². The van der Waals surface area contributed by atoms with Crippen molar-refractivity contribution >= 4 is 5.91 Å². The zero-order chi connectivity index (χ0) is 20.8. The van der Waals surface area contributed by atoms with Crippen LogP contribution in [0.2, 0.25) is 0 Å². The van der Waals surface area contributed by atoms with Gasteiger partial charge in [0.15, 0.2) is 5.69 Å². The summed E-state index contributed by atoms with van der Waals surface area (Å²) in [5, 5.41) is 10.9. The Hall–Kier alpha value is -3.10. The first-order valence-electron chi connectivity index (χ1n) is 9.23. The highest BCUT2D eigenvalue weighted by atomic mass is 19.4. The molecule has 1 fully saturated rings. The predicted molar refractivity (Wildman–Crippen MR) is 97.7 cm³/mol. The average molecular weight is 404 g/mol. The molecule has 2 heterocycles. The number of halogens is 3. The van der Waals surface area contributed by atoms with Gasteiger partial charge in [-0.2, -0.15) is 18.3 Å². The van der Waals surface area contributed by atoms with Gasteiger partial charge in [-0.25, -0.2) is 4.68 Å². The standard InChI is InChI=1S/C20H19F3N4O2/c1-11(25-19(28)17-9-18(29-26-17)13-6-7-13)16-10-24-27(12(16)2)15-5-3-4-14(8-15)20(21,22)23/h3-5,8-11,13H,6-7H2,1-2H3,(H,25,28)/t11-/m1/s1. The Kier molecular flexibility index (Phi) is 4.68. The molecule has 1 aliphatic rings. The number of aromatic nitrogens is 3. The maximum Gasteiger partial charge on any atom is 0.416 e. The Morgan fingerprint density at radius 1 is 1.31 bits per heavy atom. The van der Waals surface area contributed by atoms with Gasteiger partial charge in [0, 0.05) is 23.2 Å². The van der Waals surface area contributed by atoms with Gasteiger partial charge in [0.25, 0.3) is 5.91 Å². The number of rotatable bonds is 5. The van der Waals surface area contributed by atoms with Crippen LogP contribution in [0.4, 0.5) is 13.2 Å². The topological polar surface area (TPSA) is 73.0 Å². The zero-order valence-electron chi connectivity index (χ0n) is 15.8. The second kappa shape index (κ2) is 7.06. The molecule has 2 aromatic heterocycles. The molecule has 0 unspecified atom stereocenters. The van der Waals surface area contributed by atoms with Crippen molar-refractivity contribution in [1.29, 1.82) is 0 Å². The highest BCUT2D eigenvalue weighted by Gasteiger charge is 2.31. The van der Waals surface area contributed by atoms with Crippen molar-refractivity contribution in [2.45, 2.75) is 44.8 Å². The Morgan fingerprint density at radius 3 is 2.76 bits per heavy atom. The van der Waals surface area contributed by atoms with Crippen molar-refractivity contribution in [3.63, 3.8) is 0 Å². The number of hydrogen-bond acceptors (Lipinski definition) is 4. The van der Waals surface area contributed by atoms with Crippen LogP contribution < -0.4 is 5.32 Å². The van der Waals surface area contributed by atoms with Crippen LogP contribution in [0.3, 0.4) is 0 Å². The van der Waals surface area contributed by atoms with Gasteiger partial charge >= 0.3 is 6.18 Å². The molecule has 1 N–H and O–H groups in total. The second-order valence-corrected chi connectivity index (χ2v) is 7.23. The third-order valence-corrected chi connectivity index (χ3v) is 5.02. The molecule has 1 saturated carbocycles. The minimum absolute atomic E-state index is 0.210. The van der Waals surface area contributed by atoms with Crippen LogP contribution in [0.25, 0.3) is 5.69 Å². The molecule has 0 radical (unpaired) electrons. The van der Waals surface area contributed by atoms with E-state index in [0.717, 1.165) is 30.7 Å². The summed E-state index contributed by atoms with van der Waals surface area (Å²) in [7, 11) is 0. The fraction of sp³-hybridized carbons (Fsp3) is 0.350. The van der Waals surface area contributed by atoms with E-state index in [4.69, 9.17) is 4.52 Å². The minimum atomic E-state index is -4.43. The normalized spacial score (nSPS) is 15.3. The smallest absolute Gasteiger partial charge is 0.360 e. The number of nitrogens with zero attached hydrogens (tertiary/aromatic N) is 3. The molecule has 0 saturated heterocycles. The molecule has 152 valence electrons. The highest BCUT2D eigenvalue weighted by molar-refractivity contribution is 5.92. The van der Waals surface area contributed by atoms with Crippen LogP contribution in [-0.2, 0) is 6.18 Å². The molecular weight excluding hydrogens is 385 g/mol. The fourth-order valence-electron chi connectivity index (χ4n) is 3.23. The molecule has 0 bridgehead atoms. The number of alkyl halides is 3. The van der Waals surface area contributed by atoms with E-state index in [1.165, 1.54) is 10.7 Å². The summed E-state index contributed by atoms with van der Waals surface area (Å²) < 4.78 is 45.6. The van der Waals surface area contributed by atoms with Gasteiger partial charge in [0.05, 0.1) is 23.5 Å². The first-order valence-corrected chi connectivity index (χ1v) is 9.23. The molecule has 6 nitrogen and oxygen atoms in total. The van der Waals surface area contributed by atoms with Crippen LogP contribution in [0.1, 0.15) is 64.8 Å². The van der Waals surface area contributed by atoms with Gasteiger partial charge in [0.1, 0.15) is 5.76 Å². The van der Waals surface area contributed by atoms with E-state index in [1.807, 2.05) is 0 Å². The van der Waals surface area contributed by atoms with Crippen molar-refractivity contribution < 1.29 is 22.5 Å². The summed E-state index contributed by atoms with van der Waals surface area (Å²) >= 11 is 0. The third kappa shape index (κ3) is 3.90. The molecule has 0 aliphatic heterocycles. The lowest BCUT2D eigenvalue weighted by Gasteiger charge is -2.14. The van der Waals surface area contributed by atoms with E-state index in [2.05, 4.69) is 15.6 Å². The van der Waals surface area contributed by atoms with E-state index in [9.17, 15) is 18.0 Å². The summed E-state index contributed by atoms with van der Waals surface area (Å²) in [5.74, 6) is 0.699. The molecule has 3 aromatic rings. The maximum absolute atomic E-state index is 13.0. The summed E-state index contributed by atoms with van der Waals surface area (Å²) in [6.45, 7) is 3.52.